The highest BCUT2D eigenvalue weighted by Crippen LogP contribution is 2.52. The molecule has 1 saturated heterocycles. The van der Waals surface area contributed by atoms with Crippen LogP contribution in [-0.4, -0.2) is 60.0 Å². The summed E-state index contributed by atoms with van der Waals surface area (Å²) >= 11 is 8.52. The number of amides is 2. The number of aryl methyl sites for hydroxylation is 1. The van der Waals surface area contributed by atoms with Crippen LogP contribution in [0.15, 0.2) is 79.0 Å². The molecule has 4 aliphatic rings. The zero-order valence-corrected chi connectivity index (χ0v) is 31.9. The fourth-order valence-electron chi connectivity index (χ4n) is 8.57. The average molecular weight is 747 g/mol. The Hall–Kier alpha value is -4.60. The summed E-state index contributed by atoms with van der Waals surface area (Å²) in [6, 6.07) is 25.3. The first-order valence-electron chi connectivity index (χ1n) is 18.7. The lowest BCUT2D eigenvalue weighted by atomic mass is 9.92. The molecule has 1 atom stereocenters. The Labute approximate surface area is 319 Å². The molecule has 1 saturated carbocycles. The molecular formula is C43H43ClN4O4S. The van der Waals surface area contributed by atoms with E-state index in [0.717, 1.165) is 64.9 Å². The fraction of sp³-hybridized carbons (Fsp3) is 0.372. The predicted octanol–water partition coefficient (Wildman–Crippen LogP) is 9.91. The van der Waals surface area contributed by atoms with E-state index in [-0.39, 0.29) is 24.7 Å². The van der Waals surface area contributed by atoms with E-state index < -0.39 is 17.2 Å². The van der Waals surface area contributed by atoms with Gasteiger partial charge in [-0.3, -0.25) is 4.98 Å². The molecule has 0 bridgehead atoms. The largest absolute Gasteiger partial charge is 0.449 e. The maximum absolute atomic E-state index is 13.5. The van der Waals surface area contributed by atoms with Gasteiger partial charge in [0.2, 0.25) is 0 Å². The van der Waals surface area contributed by atoms with Crippen molar-refractivity contribution in [1.29, 1.82) is 0 Å². The van der Waals surface area contributed by atoms with E-state index >= 15 is 0 Å². The normalized spacial score (nSPS) is 18.8. The lowest BCUT2D eigenvalue weighted by Crippen LogP contribution is -2.43. The maximum Gasteiger partial charge on any atom is 0.410 e. The highest BCUT2D eigenvalue weighted by atomic mass is 35.5. The number of nitrogens with one attached hydrogen (secondary N) is 1. The van der Waals surface area contributed by atoms with E-state index in [0.29, 0.717) is 18.1 Å². The number of thiophene rings is 1. The Morgan fingerprint density at radius 2 is 1.70 bits per heavy atom. The van der Waals surface area contributed by atoms with Gasteiger partial charge in [-0.25, -0.2) is 9.59 Å². The molecular weight excluding hydrogens is 704 g/mol. The van der Waals surface area contributed by atoms with Gasteiger partial charge in [-0.15, -0.1) is 11.3 Å². The third-order valence-corrected chi connectivity index (χ3v) is 12.7. The van der Waals surface area contributed by atoms with Crippen LogP contribution >= 0.6 is 22.9 Å². The minimum Gasteiger partial charge on any atom is -0.449 e. The van der Waals surface area contributed by atoms with Gasteiger partial charge in [0.05, 0.1) is 15.8 Å². The van der Waals surface area contributed by atoms with Crippen LogP contribution in [0.3, 0.4) is 0 Å². The number of fused-ring (bicyclic) bond motifs is 5. The van der Waals surface area contributed by atoms with Crippen molar-refractivity contribution in [3.8, 4) is 22.3 Å². The van der Waals surface area contributed by atoms with Crippen LogP contribution in [0.4, 0.5) is 15.3 Å². The minimum absolute atomic E-state index is 0.00666. The molecule has 2 aliphatic carbocycles. The van der Waals surface area contributed by atoms with Crippen molar-refractivity contribution < 1.29 is 19.1 Å². The fourth-order valence-corrected chi connectivity index (χ4v) is 10.2. The predicted molar refractivity (Wildman–Crippen MR) is 211 cm³/mol. The summed E-state index contributed by atoms with van der Waals surface area (Å²) in [5, 5.41) is 3.96. The van der Waals surface area contributed by atoms with Crippen LogP contribution in [0, 0.1) is 0 Å². The summed E-state index contributed by atoms with van der Waals surface area (Å²) in [7, 11) is 0. The molecule has 10 heteroatoms. The summed E-state index contributed by atoms with van der Waals surface area (Å²) in [5.74, 6) is 0.00666. The number of hydrogen-bond donors (Lipinski definition) is 1. The molecule has 0 radical (unpaired) electrons. The standard InChI is InChI=1S/C43H43ClN4O4S/c1-42(2,3)52-41(50)47-20-15-28(24-47)48-19-8-9-26-21-27(44)22-34(38(26)48)33-14-18-45-36-23-37(53-39(33)36)43(16-17-43)46-40(49)51-25-35-31-12-6-4-10-29(31)30-11-5-7-13-32(30)35/h4-7,10-14,18,21-23,28,35H,8-9,15-17,19-20,24-25H2,1-3H3,(H,46,49)/t28-/m0/s1. The Morgan fingerprint density at radius 3 is 2.42 bits per heavy atom. The van der Waals surface area contributed by atoms with E-state index in [2.05, 4.69) is 70.9 Å². The van der Waals surface area contributed by atoms with Crippen molar-refractivity contribution in [2.45, 2.75) is 76.0 Å². The Balaban J connectivity index is 0.970. The van der Waals surface area contributed by atoms with E-state index in [4.69, 9.17) is 26.1 Å². The molecule has 2 aliphatic heterocycles. The number of carbonyl (C=O) groups is 2. The molecule has 2 aromatic heterocycles. The van der Waals surface area contributed by atoms with Gasteiger partial charge < -0.3 is 24.6 Å². The molecule has 5 aromatic rings. The SMILES string of the molecule is CC(C)(C)OC(=O)N1CC[C@H](N2CCCc3cc(Cl)cc(-c4ccnc5cc(C6(NC(=O)OCC7c8ccccc8-c8ccccc87)CC6)sc45)c32)C1. The number of pyridine rings is 1. The highest BCUT2D eigenvalue weighted by Gasteiger charge is 2.48. The van der Waals surface area contributed by atoms with Crippen LogP contribution in [-0.2, 0) is 21.4 Å². The van der Waals surface area contributed by atoms with Gasteiger partial charge in [-0.2, -0.15) is 0 Å². The molecule has 272 valence electrons. The second kappa shape index (κ2) is 13.1. The molecule has 2 fully saturated rings. The van der Waals surface area contributed by atoms with E-state index in [1.165, 1.54) is 33.5 Å². The van der Waals surface area contributed by atoms with Gasteiger partial charge in [0.25, 0.3) is 0 Å². The number of likely N-dealkylation sites (tertiary alicyclic amines) is 1. The minimum atomic E-state index is -0.534. The Kier molecular flexibility index (Phi) is 8.42. The first-order chi connectivity index (χ1) is 25.6. The topological polar surface area (TPSA) is 84.0 Å². The van der Waals surface area contributed by atoms with E-state index in [1.807, 2.05) is 44.0 Å². The number of benzene rings is 3. The zero-order chi connectivity index (χ0) is 36.5. The zero-order valence-electron chi connectivity index (χ0n) is 30.3. The monoisotopic (exact) mass is 746 g/mol. The van der Waals surface area contributed by atoms with Gasteiger partial charge in [-0.1, -0.05) is 60.1 Å². The lowest BCUT2D eigenvalue weighted by molar-refractivity contribution is 0.0292. The van der Waals surface area contributed by atoms with Gasteiger partial charge in [0.1, 0.15) is 12.2 Å². The number of ether oxygens (including phenoxy) is 2. The molecule has 3 aromatic carbocycles. The van der Waals surface area contributed by atoms with E-state index in [1.54, 1.807) is 11.3 Å². The molecule has 9 rings (SSSR count). The van der Waals surface area contributed by atoms with Gasteiger partial charge >= 0.3 is 12.2 Å². The first kappa shape index (κ1) is 34.2. The molecule has 2 amide bonds. The molecule has 8 nitrogen and oxygen atoms in total. The van der Waals surface area contributed by atoms with Crippen LogP contribution in [0.5, 0.6) is 0 Å². The smallest absolute Gasteiger partial charge is 0.410 e. The van der Waals surface area contributed by atoms with Crippen molar-refractivity contribution in [1.82, 2.24) is 15.2 Å². The number of rotatable bonds is 6. The number of halogens is 1. The van der Waals surface area contributed by atoms with Crippen LogP contribution in [0.1, 0.15) is 73.9 Å². The number of nitrogens with zero attached hydrogens (tertiary/aromatic N) is 3. The Bertz CT molecular complexity index is 2210. The van der Waals surface area contributed by atoms with E-state index in [9.17, 15) is 9.59 Å². The number of hydrogen-bond acceptors (Lipinski definition) is 7. The summed E-state index contributed by atoms with van der Waals surface area (Å²) in [4.78, 5) is 36.6. The Morgan fingerprint density at radius 1 is 0.962 bits per heavy atom. The first-order valence-corrected chi connectivity index (χ1v) is 19.9. The number of alkyl carbamates (subject to hydrolysis) is 1. The highest BCUT2D eigenvalue weighted by molar-refractivity contribution is 7.19. The molecule has 53 heavy (non-hydrogen) atoms. The van der Waals surface area contributed by atoms with Crippen molar-refractivity contribution >= 4 is 51.0 Å². The van der Waals surface area contributed by atoms with Gasteiger partial charge in [0, 0.05) is 64.5 Å². The maximum atomic E-state index is 13.5. The summed E-state index contributed by atoms with van der Waals surface area (Å²) in [5.41, 5.74) is 9.28. The molecule has 0 unspecified atom stereocenters. The van der Waals surface area contributed by atoms with Crippen molar-refractivity contribution in [2.75, 3.05) is 31.1 Å². The third-order valence-electron chi connectivity index (χ3n) is 11.2. The van der Waals surface area contributed by atoms with Crippen LogP contribution in [0.2, 0.25) is 5.02 Å². The molecule has 0 spiro atoms. The lowest BCUT2D eigenvalue weighted by Gasteiger charge is -2.38. The van der Waals surface area contributed by atoms with Gasteiger partial charge in [-0.05, 0) is 105 Å². The second-order valence-electron chi connectivity index (χ2n) is 15.8. The summed E-state index contributed by atoms with van der Waals surface area (Å²) < 4.78 is 12.8. The van der Waals surface area contributed by atoms with Gasteiger partial charge in [0.15, 0.2) is 0 Å². The molecule has 1 N–H and O–H groups in total. The number of aromatic nitrogens is 1. The second-order valence-corrected chi connectivity index (χ2v) is 17.3. The summed E-state index contributed by atoms with van der Waals surface area (Å²) in [6.07, 6.45) is 5.74. The summed E-state index contributed by atoms with van der Waals surface area (Å²) in [6.45, 7) is 8.19. The number of carbonyl (C=O) groups excluding carboxylic acids is 2. The average Bonchev–Trinajstić information content (AvgIpc) is 3.45. The number of anilines is 1. The van der Waals surface area contributed by atoms with Crippen LogP contribution in [0.25, 0.3) is 32.5 Å². The quantitative estimate of drug-likeness (QED) is 0.186. The van der Waals surface area contributed by atoms with Crippen molar-refractivity contribution in [3.63, 3.8) is 0 Å². The molecule has 4 heterocycles. The van der Waals surface area contributed by atoms with Crippen molar-refractivity contribution in [2.24, 2.45) is 0 Å². The third kappa shape index (κ3) is 6.31. The van der Waals surface area contributed by atoms with Crippen LogP contribution < -0.4 is 10.2 Å². The van der Waals surface area contributed by atoms with Crippen molar-refractivity contribution in [3.05, 3.63) is 106 Å².